The molecule has 0 radical (unpaired) electrons. The number of hydrogen-bond acceptors (Lipinski definition) is 2. The van der Waals surface area contributed by atoms with Gasteiger partial charge in [0.15, 0.2) is 0 Å². The molecule has 0 spiro atoms. The zero-order valence-electron chi connectivity index (χ0n) is 16.9. The van der Waals surface area contributed by atoms with Gasteiger partial charge in [0.05, 0.1) is 16.7 Å². The summed E-state index contributed by atoms with van der Waals surface area (Å²) in [6.07, 6.45) is 0. The highest BCUT2D eigenvalue weighted by molar-refractivity contribution is 6.62. The average Bonchev–Trinajstić information content (AvgIpc) is 2.54. The van der Waals surface area contributed by atoms with Gasteiger partial charge < -0.3 is 9.31 Å². The Morgan fingerprint density at radius 2 is 1.56 bits per heavy atom. The van der Waals surface area contributed by atoms with Crippen LogP contribution in [0, 0.1) is 6.85 Å². The highest BCUT2D eigenvalue weighted by Crippen LogP contribution is 2.36. The fraction of sp³-hybridized carbons (Fsp3) is 0.538. The first-order chi connectivity index (χ1) is 10.2. The summed E-state index contributed by atoms with van der Waals surface area (Å²) in [7, 11) is -1.08. The average molecular weight is 225 g/mol. The molecule has 0 aliphatic carbocycles. The van der Waals surface area contributed by atoms with Crippen molar-refractivity contribution in [2.75, 3.05) is 0 Å². The molecule has 3 heteroatoms. The van der Waals surface area contributed by atoms with Gasteiger partial charge in [-0.25, -0.2) is 0 Å². The van der Waals surface area contributed by atoms with E-state index in [0.29, 0.717) is 0 Å². The van der Waals surface area contributed by atoms with Gasteiger partial charge in [-0.3, -0.25) is 0 Å². The molecule has 0 unspecified atom stereocenters. The molecule has 1 saturated heterocycles. The molecule has 2 rings (SSSR count). The molecule has 1 fully saturated rings. The van der Waals surface area contributed by atoms with Crippen LogP contribution in [-0.2, 0) is 9.31 Å². The lowest BCUT2D eigenvalue weighted by atomic mass is 9.79. The second-order valence-corrected chi connectivity index (χ2v) is 4.88. The van der Waals surface area contributed by atoms with Crippen molar-refractivity contribution in [3.63, 3.8) is 0 Å². The zero-order chi connectivity index (χ0) is 18.0. The molecule has 1 aromatic carbocycles. The van der Waals surface area contributed by atoms with Crippen LogP contribution in [0.25, 0.3) is 0 Å². The van der Waals surface area contributed by atoms with E-state index in [1.165, 1.54) is 0 Å². The molecule has 2 nitrogen and oxygen atoms in total. The Morgan fingerprint density at radius 1 is 1.06 bits per heavy atom. The van der Waals surface area contributed by atoms with E-state index in [1.807, 2.05) is 0 Å². The largest absolute Gasteiger partial charge is 0.494 e. The lowest BCUT2D eigenvalue weighted by Crippen LogP contribution is -2.41. The van der Waals surface area contributed by atoms with Gasteiger partial charge in [-0.15, -0.1) is 0 Å². The highest BCUT2D eigenvalue weighted by atomic mass is 16.7. The predicted molar refractivity (Wildman–Crippen MR) is 66.9 cm³/mol. The molecule has 86 valence electrons. The first kappa shape index (κ1) is 5.70. The van der Waals surface area contributed by atoms with Crippen LogP contribution in [0.1, 0.15) is 42.9 Å². The maximum absolute atomic E-state index is 8.08. The van der Waals surface area contributed by atoms with Crippen LogP contribution in [0.4, 0.5) is 0 Å². The highest BCUT2D eigenvalue weighted by Gasteiger charge is 2.51. The maximum Gasteiger partial charge on any atom is 0.494 e. The van der Waals surface area contributed by atoms with Crippen LogP contribution in [0.2, 0.25) is 0 Å². The summed E-state index contributed by atoms with van der Waals surface area (Å²) in [4.78, 5) is 0. The summed E-state index contributed by atoms with van der Waals surface area (Å²) >= 11 is 0. The van der Waals surface area contributed by atoms with Crippen LogP contribution >= 0.6 is 0 Å². The van der Waals surface area contributed by atoms with E-state index in [2.05, 4.69) is 0 Å². The molecule has 0 saturated carbocycles. The van der Waals surface area contributed by atoms with Gasteiger partial charge in [0.25, 0.3) is 0 Å². The van der Waals surface area contributed by atoms with E-state index in [-0.39, 0.29) is 5.46 Å². The summed E-state index contributed by atoms with van der Waals surface area (Å²) in [5.74, 6) is 0. The van der Waals surface area contributed by atoms with Gasteiger partial charge in [0.2, 0.25) is 0 Å². The first-order valence-electron chi connectivity index (χ1n) is 8.67. The van der Waals surface area contributed by atoms with Crippen molar-refractivity contribution in [1.82, 2.24) is 0 Å². The van der Waals surface area contributed by atoms with Crippen molar-refractivity contribution in [2.24, 2.45) is 0 Å². The first-order valence-corrected chi connectivity index (χ1v) is 5.17. The molecule has 1 heterocycles. The predicted octanol–water partition coefficient (Wildman–Crippen LogP) is 2.29. The second-order valence-electron chi connectivity index (χ2n) is 4.88. The molecular weight excluding hydrogens is 199 g/mol. The van der Waals surface area contributed by atoms with Crippen molar-refractivity contribution in [3.05, 3.63) is 29.7 Å². The van der Waals surface area contributed by atoms with E-state index in [0.717, 1.165) is 0 Å². The van der Waals surface area contributed by atoms with Crippen molar-refractivity contribution in [1.29, 1.82) is 0 Å². The summed E-state index contributed by atoms with van der Waals surface area (Å²) < 4.78 is 65.8. The van der Waals surface area contributed by atoms with Crippen molar-refractivity contribution < 1.29 is 18.9 Å². The lowest BCUT2D eigenvalue weighted by Gasteiger charge is -2.32. The molecule has 1 aromatic rings. The fourth-order valence-electron chi connectivity index (χ4n) is 1.40. The lowest BCUT2D eigenvalue weighted by molar-refractivity contribution is 0.00578. The van der Waals surface area contributed by atoms with E-state index in [9.17, 15) is 0 Å². The Kier molecular flexibility index (Phi) is 1.28. The molecule has 0 aromatic heterocycles. The van der Waals surface area contributed by atoms with E-state index in [4.69, 9.17) is 18.9 Å². The molecular formula is C13H19BO2. The standard InChI is InChI=1S/C13H19BO2/c1-10-6-8-11(9-7-10)14-15-12(2,3)13(4,5)16-14/h6-9H,1-5H3/i1D3,6D,7D,8D,9D. The maximum atomic E-state index is 8.08. The van der Waals surface area contributed by atoms with Crippen LogP contribution in [-0.4, -0.2) is 18.3 Å². The third kappa shape index (κ3) is 1.90. The molecule has 1 aliphatic rings. The van der Waals surface area contributed by atoms with Gasteiger partial charge in [0.1, 0.15) is 0 Å². The van der Waals surface area contributed by atoms with Crippen molar-refractivity contribution >= 4 is 12.6 Å². The minimum Gasteiger partial charge on any atom is -0.399 e. The third-order valence-corrected chi connectivity index (χ3v) is 3.13. The topological polar surface area (TPSA) is 18.5 Å². The minimum atomic E-state index is -2.73. The van der Waals surface area contributed by atoms with Gasteiger partial charge in [-0.1, -0.05) is 29.7 Å². The van der Waals surface area contributed by atoms with Gasteiger partial charge >= 0.3 is 7.12 Å². The van der Waals surface area contributed by atoms with Crippen molar-refractivity contribution in [3.8, 4) is 0 Å². The quantitative estimate of drug-likeness (QED) is 0.683. The SMILES string of the molecule is [2H]c1c([2H])c(C([2H])([2H])[2H])c([2H])c([2H])c1B1OC(C)(C)C(C)(C)O1. The molecule has 0 bridgehead atoms. The molecule has 0 amide bonds. The Hall–Kier alpha value is -0.795. The Morgan fingerprint density at radius 3 is 2.00 bits per heavy atom. The summed E-state index contributed by atoms with van der Waals surface area (Å²) in [6.45, 7) is 4.50. The third-order valence-electron chi connectivity index (χ3n) is 3.13. The van der Waals surface area contributed by atoms with Gasteiger partial charge in [-0.05, 0) is 40.0 Å². The smallest absolute Gasteiger partial charge is 0.399 e. The fourth-order valence-corrected chi connectivity index (χ4v) is 1.40. The Balaban J connectivity index is 2.64. The molecule has 1 aliphatic heterocycles. The zero-order valence-corrected chi connectivity index (χ0v) is 9.89. The molecule has 16 heavy (non-hydrogen) atoms. The molecule has 0 atom stereocenters. The summed E-state index contributed by atoms with van der Waals surface area (Å²) in [5, 5.41) is 0. The van der Waals surface area contributed by atoms with E-state index >= 15 is 0 Å². The van der Waals surface area contributed by atoms with Gasteiger partial charge in [0, 0.05) is 4.11 Å². The monoisotopic (exact) mass is 225 g/mol. The number of benzene rings is 1. The van der Waals surface area contributed by atoms with E-state index < -0.39 is 54.9 Å². The number of rotatable bonds is 1. The molecule has 0 N–H and O–H groups in total. The van der Waals surface area contributed by atoms with Crippen LogP contribution < -0.4 is 5.46 Å². The van der Waals surface area contributed by atoms with Crippen LogP contribution in [0.5, 0.6) is 0 Å². The summed E-state index contributed by atoms with van der Waals surface area (Å²) in [5.41, 5.74) is -2.08. The summed E-state index contributed by atoms with van der Waals surface area (Å²) in [6, 6.07) is -2.07. The minimum absolute atomic E-state index is 0.0772. The normalized spacial score (nSPS) is 29.5. The van der Waals surface area contributed by atoms with Gasteiger partial charge in [-0.2, -0.15) is 0 Å². The second kappa shape index (κ2) is 3.61. The van der Waals surface area contributed by atoms with Crippen LogP contribution in [0.15, 0.2) is 24.2 Å². The van der Waals surface area contributed by atoms with E-state index in [1.54, 1.807) is 27.7 Å². The Bertz CT molecular complexity index is 610. The Labute approximate surface area is 108 Å². The number of hydrogen-bond donors (Lipinski definition) is 0. The van der Waals surface area contributed by atoms with Crippen LogP contribution in [0.3, 0.4) is 0 Å². The van der Waals surface area contributed by atoms with Crippen molar-refractivity contribution in [2.45, 2.75) is 45.7 Å².